The van der Waals surface area contributed by atoms with Crippen molar-refractivity contribution >= 4 is 66.9 Å². The average molecular weight is 1660 g/mol. The number of nitrogens with zero attached hydrogens (tertiary/aromatic N) is 8. The summed E-state index contributed by atoms with van der Waals surface area (Å²) in [7, 11) is -0.698. The standard InChI is InChI=1S/C80H104N12O19S3Si/c1-42(2)75(3,4)115(14,15)99-35-51-59-63(108-76(5,6)104-59)68(100-51)90-47(31-56(82)86-72(90)94)36-112-40-53-61-65(110-78(9,10)106-61)70(102-53)92-49(33-58(84)88-74(92)96)38-114-41-54-62-66(111-79(11,12)107-62)69(103-54)91-48(32-57(83)87-73(91)95)37-113-39-52-60-64(109-77(7,8)105-60)67(101-52)89-46(30-55(81)85-71(89)93)34-98-80(43-22-18-16-19-23-43,44-24-20-17-21-25-44)45-26-28-50(97-13)29-27-45/h16-33,42,51-54,59-70H,34-41H2,1-15H3,(H2,81,85,93)(H2,82,86,94)(H2,83,87,95)(H2,84,88,96)/t51-,52-,53-,54-,59-,60-,61-,62-,63-,64-,65-,66-,67-,68-,69-,70-/m1/s1. The zero-order valence-electron chi connectivity index (χ0n) is 67.2. The van der Waals surface area contributed by atoms with Gasteiger partial charge in [0.2, 0.25) is 0 Å². The number of hydrogen-bond donors (Lipinski definition) is 4. The molecule has 8 N–H and O–H groups in total. The van der Waals surface area contributed by atoms with Gasteiger partial charge < -0.3 is 93.7 Å². The molecule has 0 spiro atoms. The molecule has 620 valence electrons. The van der Waals surface area contributed by atoms with Crippen molar-refractivity contribution in [1.29, 1.82) is 0 Å². The van der Waals surface area contributed by atoms with Gasteiger partial charge in [-0.25, -0.2) is 19.2 Å². The molecule has 0 saturated carbocycles. The summed E-state index contributed by atoms with van der Waals surface area (Å²) in [6.45, 7) is 27.9. The first-order valence-corrected chi connectivity index (χ1v) is 45.1. The van der Waals surface area contributed by atoms with Gasteiger partial charge in [-0.15, -0.1) is 0 Å². The summed E-state index contributed by atoms with van der Waals surface area (Å²) < 4.78 is 106. The van der Waals surface area contributed by atoms with Gasteiger partial charge in [0, 0.05) is 75.9 Å². The van der Waals surface area contributed by atoms with Crippen LogP contribution < -0.4 is 50.4 Å². The number of thioether (sulfide) groups is 3. The molecule has 0 aliphatic carbocycles. The average Bonchev–Trinajstić information content (AvgIpc) is 1.53. The first kappa shape index (κ1) is 83.0. The fourth-order valence-electron chi connectivity index (χ4n) is 16.9. The summed E-state index contributed by atoms with van der Waals surface area (Å²) in [6.07, 6.45) is -12.2. The number of benzene rings is 3. The number of rotatable bonds is 28. The highest BCUT2D eigenvalue weighted by molar-refractivity contribution is 7.99. The number of hydrogen-bond acceptors (Lipinski definition) is 30. The van der Waals surface area contributed by atoms with Crippen LogP contribution in [0.1, 0.15) is 147 Å². The number of aromatic nitrogens is 8. The maximum Gasteiger partial charge on any atom is 0.352 e. The number of fused-ring (bicyclic) bond motifs is 4. The lowest BCUT2D eigenvalue weighted by Crippen LogP contribution is -2.47. The van der Waals surface area contributed by atoms with E-state index in [4.69, 9.17) is 93.7 Å². The second-order valence-electron chi connectivity index (χ2n) is 33.5. The Hall–Kier alpha value is -7.11. The Kier molecular flexibility index (Phi) is 23.0. The highest BCUT2D eigenvalue weighted by Gasteiger charge is 2.61. The zero-order chi connectivity index (χ0) is 81.8. The van der Waals surface area contributed by atoms with Gasteiger partial charge in [-0.05, 0) is 108 Å². The van der Waals surface area contributed by atoms with Crippen molar-refractivity contribution in [1.82, 2.24) is 38.2 Å². The molecule has 35 heteroatoms. The second kappa shape index (κ2) is 31.9. The first-order chi connectivity index (χ1) is 54.4. The largest absolute Gasteiger partial charge is 0.497 e. The van der Waals surface area contributed by atoms with Gasteiger partial charge in [0.25, 0.3) is 0 Å². The maximum atomic E-state index is 14.5. The van der Waals surface area contributed by atoms with Crippen LogP contribution in [0.25, 0.3) is 0 Å². The molecule has 8 aliphatic heterocycles. The lowest BCUT2D eigenvalue weighted by molar-refractivity contribution is -0.200. The molecule has 31 nitrogen and oxygen atoms in total. The molecular formula is C80H104N12O19S3Si. The lowest BCUT2D eigenvalue weighted by Gasteiger charge is -2.43. The van der Waals surface area contributed by atoms with Crippen LogP contribution in [-0.4, -0.2) is 174 Å². The van der Waals surface area contributed by atoms with Gasteiger partial charge >= 0.3 is 22.8 Å². The predicted octanol–water partition coefficient (Wildman–Crippen LogP) is 8.89. The van der Waals surface area contributed by atoms with E-state index in [1.807, 2.05) is 126 Å². The van der Waals surface area contributed by atoms with Crippen molar-refractivity contribution in [3.8, 4) is 5.75 Å². The molecule has 0 unspecified atom stereocenters. The van der Waals surface area contributed by atoms with Crippen LogP contribution in [0.15, 0.2) is 128 Å². The highest BCUT2D eigenvalue weighted by atomic mass is 32.2. The molecule has 8 fully saturated rings. The number of nitrogens with two attached hydrogens (primary N) is 4. The molecule has 7 aromatic rings. The van der Waals surface area contributed by atoms with E-state index in [-0.39, 0.29) is 70.3 Å². The van der Waals surface area contributed by atoms with Crippen molar-refractivity contribution in [3.63, 3.8) is 0 Å². The minimum atomic E-state index is -2.31. The Morgan fingerprint density at radius 1 is 0.443 bits per heavy atom. The Balaban J connectivity index is 0.631. The van der Waals surface area contributed by atoms with Crippen LogP contribution >= 0.6 is 35.3 Å². The van der Waals surface area contributed by atoms with Gasteiger partial charge in [-0.1, -0.05) is 100 Å². The van der Waals surface area contributed by atoms with E-state index in [1.54, 1.807) is 45.2 Å². The number of methoxy groups -OCH3 is 1. The molecule has 0 amide bonds. The Bertz CT molecular complexity index is 4920. The van der Waals surface area contributed by atoms with E-state index < -0.39 is 158 Å². The van der Waals surface area contributed by atoms with E-state index in [2.05, 4.69) is 60.7 Å². The van der Waals surface area contributed by atoms with Gasteiger partial charge in [0.1, 0.15) is 89.6 Å². The van der Waals surface area contributed by atoms with Crippen molar-refractivity contribution < 1.29 is 70.7 Å². The minimum Gasteiger partial charge on any atom is -0.497 e. The first-order valence-electron chi connectivity index (χ1n) is 38.8. The summed E-state index contributed by atoms with van der Waals surface area (Å²) in [5, 5.41) is -0.0608. The third-order valence-electron chi connectivity index (χ3n) is 23.2. The summed E-state index contributed by atoms with van der Waals surface area (Å²) in [4.78, 5) is 74.3. The molecule has 3 aromatic carbocycles. The van der Waals surface area contributed by atoms with Crippen molar-refractivity contribution in [3.05, 3.63) is 191 Å². The molecule has 12 heterocycles. The molecule has 4 aromatic heterocycles. The fourth-order valence-corrected chi connectivity index (χ4v) is 22.4. The number of nitrogen functional groups attached to an aromatic ring is 4. The second-order valence-corrected chi connectivity index (χ2v) is 41.2. The monoisotopic (exact) mass is 1660 g/mol. The van der Waals surface area contributed by atoms with E-state index in [9.17, 15) is 19.2 Å². The third kappa shape index (κ3) is 16.4. The van der Waals surface area contributed by atoms with Crippen LogP contribution in [0.4, 0.5) is 23.3 Å². The topological polar surface area (TPSA) is 382 Å². The van der Waals surface area contributed by atoms with Crippen LogP contribution in [-0.2, 0) is 95.5 Å². The number of anilines is 4. The van der Waals surface area contributed by atoms with E-state index in [0.717, 1.165) is 16.7 Å². The Morgan fingerprint density at radius 2 is 0.739 bits per heavy atom. The molecule has 15 rings (SSSR count). The molecule has 8 saturated heterocycles. The lowest BCUT2D eigenvalue weighted by atomic mass is 9.80. The minimum absolute atomic E-state index is 0.000596. The van der Waals surface area contributed by atoms with Crippen molar-refractivity contribution in [2.45, 2.75) is 252 Å². The SMILES string of the molecule is COc1ccc(C(OCc2cc(N)nc(=O)n2[C@@H]2O[C@H](CSCc3cc(N)nc(=O)n3[C@@H]3O[C@H](CSCc4cc(N)nc(=O)n4[C@@H]4O[C@H](CSCc5cc(N)nc(=O)n5[C@@H]5O[C@H](CO[Si](C)(C)C(C)(C)C(C)C)[C@H]6OC(C)(C)O[C@H]65)[C@H]5OC(C)(C)O[C@H]54)[C@H]4OC(C)(C)O[C@H]43)[C@H]3OC(C)(C)O[C@H]32)(c2ccccc2)c2ccccc2)cc1. The quantitative estimate of drug-likeness (QED) is 0.0262. The highest BCUT2D eigenvalue weighted by Crippen LogP contribution is 2.52. The summed E-state index contributed by atoms with van der Waals surface area (Å²) in [6, 6.07) is 33.9. The van der Waals surface area contributed by atoms with Crippen LogP contribution in [0, 0.1) is 5.92 Å². The van der Waals surface area contributed by atoms with E-state index >= 15 is 0 Å². The van der Waals surface area contributed by atoms with Gasteiger partial charge in [-0.3, -0.25) is 18.3 Å². The zero-order valence-corrected chi connectivity index (χ0v) is 70.7. The maximum absolute atomic E-state index is 14.5. The van der Waals surface area contributed by atoms with Gasteiger partial charge in [0.05, 0.1) is 44.3 Å². The normalized spacial score (nSPS) is 29.0. The van der Waals surface area contributed by atoms with Crippen molar-refractivity contribution in [2.24, 2.45) is 5.92 Å². The molecule has 115 heavy (non-hydrogen) atoms. The van der Waals surface area contributed by atoms with Gasteiger partial charge in [0.15, 0.2) is 56.4 Å². The Morgan fingerprint density at radius 3 is 1.07 bits per heavy atom. The molecule has 0 radical (unpaired) electrons. The third-order valence-corrected chi connectivity index (χ3v) is 31.0. The van der Waals surface area contributed by atoms with E-state index in [0.29, 0.717) is 40.2 Å². The molecular weight excluding hydrogens is 1560 g/mol. The summed E-state index contributed by atoms with van der Waals surface area (Å²) >= 11 is 4.34. The van der Waals surface area contributed by atoms with E-state index in [1.165, 1.54) is 53.6 Å². The van der Waals surface area contributed by atoms with Crippen LogP contribution in [0.5, 0.6) is 5.75 Å². The predicted molar refractivity (Wildman–Crippen MR) is 434 cm³/mol. The molecule has 8 aliphatic rings. The molecule has 0 bridgehead atoms. The Labute approximate surface area is 680 Å². The van der Waals surface area contributed by atoms with Crippen molar-refractivity contribution in [2.75, 3.05) is 53.9 Å². The molecule has 16 atom stereocenters. The van der Waals surface area contributed by atoms with Gasteiger partial charge in [-0.2, -0.15) is 55.2 Å². The summed E-state index contributed by atoms with van der Waals surface area (Å²) in [5.41, 5.74) is 26.0. The fraction of sp³-hybridized carbons (Fsp3) is 0.575. The summed E-state index contributed by atoms with van der Waals surface area (Å²) in [5.74, 6) is -1.63. The number of ether oxygens (including phenoxy) is 14. The van der Waals surface area contributed by atoms with Crippen LogP contribution in [0.3, 0.4) is 0 Å². The van der Waals surface area contributed by atoms with Crippen LogP contribution in [0.2, 0.25) is 18.1 Å². The smallest absolute Gasteiger partial charge is 0.352 e.